The van der Waals surface area contributed by atoms with Crippen LogP contribution in [0, 0.1) is 0 Å². The number of aromatic nitrogens is 1. The van der Waals surface area contributed by atoms with Crippen LogP contribution in [0.25, 0.3) is 0 Å². The van der Waals surface area contributed by atoms with Crippen molar-refractivity contribution in [2.45, 2.75) is 11.4 Å². The van der Waals surface area contributed by atoms with Gasteiger partial charge in [-0.3, -0.25) is 0 Å². The van der Waals surface area contributed by atoms with Crippen LogP contribution in [0.15, 0.2) is 45.9 Å². The molecule has 0 spiro atoms. The maximum atomic E-state index is 12.2. The molecular weight excluding hydrogens is 387 g/mol. The molecule has 20 heavy (non-hydrogen) atoms. The number of nitrogens with zero attached hydrogens (tertiary/aromatic N) is 1. The molecule has 0 aliphatic heterocycles. The normalized spacial score (nSPS) is 11.6. The minimum absolute atomic E-state index is 0.0671. The molecule has 0 fully saturated rings. The summed E-state index contributed by atoms with van der Waals surface area (Å²) in [4.78, 5) is 3.73. The smallest absolute Gasteiger partial charge is 0.242 e. The molecule has 1 N–H and O–H groups in total. The second kappa shape index (κ2) is 6.41. The van der Waals surface area contributed by atoms with Gasteiger partial charge in [0.2, 0.25) is 10.0 Å². The average Bonchev–Trinajstić information content (AvgIpc) is 2.41. The molecule has 8 heteroatoms. The predicted molar refractivity (Wildman–Crippen MR) is 82.4 cm³/mol. The van der Waals surface area contributed by atoms with Crippen LogP contribution in [-0.2, 0) is 16.6 Å². The van der Waals surface area contributed by atoms with Crippen LogP contribution < -0.4 is 4.72 Å². The van der Waals surface area contributed by atoms with Crippen LogP contribution in [-0.4, -0.2) is 13.4 Å². The Balaban J connectivity index is 2.19. The van der Waals surface area contributed by atoms with E-state index in [-0.39, 0.29) is 16.6 Å². The molecule has 1 aromatic carbocycles. The summed E-state index contributed by atoms with van der Waals surface area (Å²) >= 11 is 14.7. The summed E-state index contributed by atoms with van der Waals surface area (Å²) in [7, 11) is -3.73. The van der Waals surface area contributed by atoms with Gasteiger partial charge in [-0.2, -0.15) is 0 Å². The molecule has 0 atom stereocenters. The van der Waals surface area contributed by atoms with Gasteiger partial charge in [-0.15, -0.1) is 0 Å². The molecule has 2 rings (SSSR count). The molecule has 4 nitrogen and oxygen atoms in total. The minimum atomic E-state index is -3.73. The zero-order valence-electron chi connectivity index (χ0n) is 9.98. The summed E-state index contributed by atoms with van der Waals surface area (Å²) in [5, 5.41) is 0.521. The van der Waals surface area contributed by atoms with Crippen molar-refractivity contribution in [1.82, 2.24) is 9.71 Å². The van der Waals surface area contributed by atoms with E-state index in [4.69, 9.17) is 23.2 Å². The summed E-state index contributed by atoms with van der Waals surface area (Å²) in [6.07, 6.45) is 1.43. The Hall–Kier alpha value is -0.660. The van der Waals surface area contributed by atoms with Gasteiger partial charge >= 0.3 is 0 Å². The summed E-state index contributed by atoms with van der Waals surface area (Å²) in [6, 6.07) is 8.27. The highest BCUT2D eigenvalue weighted by Crippen LogP contribution is 2.22. The molecule has 0 unspecified atom stereocenters. The first-order valence-corrected chi connectivity index (χ1v) is 8.47. The molecule has 0 radical (unpaired) electrons. The third kappa shape index (κ3) is 3.93. The molecule has 0 aliphatic rings. The standard InChI is InChI=1S/C12H9BrCl2N2O2S/c13-9-5-11(12(15)16-7-9)20(18,19)17-6-8-1-3-10(14)4-2-8/h1-5,7,17H,6H2. The fraction of sp³-hybridized carbons (Fsp3) is 0.0833. The van der Waals surface area contributed by atoms with Crippen molar-refractivity contribution in [3.05, 3.63) is 56.7 Å². The van der Waals surface area contributed by atoms with E-state index >= 15 is 0 Å². The van der Waals surface area contributed by atoms with Crippen LogP contribution >= 0.6 is 39.1 Å². The van der Waals surface area contributed by atoms with Gasteiger partial charge in [0.25, 0.3) is 0 Å². The number of hydrogen-bond donors (Lipinski definition) is 1. The number of sulfonamides is 1. The van der Waals surface area contributed by atoms with Crippen molar-refractivity contribution < 1.29 is 8.42 Å². The third-order valence-corrected chi connectivity index (χ3v) is 4.96. The van der Waals surface area contributed by atoms with Crippen molar-refractivity contribution in [2.24, 2.45) is 0 Å². The zero-order chi connectivity index (χ0) is 14.8. The molecule has 0 bridgehead atoms. The van der Waals surface area contributed by atoms with E-state index < -0.39 is 10.0 Å². The number of benzene rings is 1. The van der Waals surface area contributed by atoms with Gasteiger partial charge < -0.3 is 0 Å². The topological polar surface area (TPSA) is 59.1 Å². The van der Waals surface area contributed by atoms with Crippen molar-refractivity contribution in [2.75, 3.05) is 0 Å². The molecule has 0 saturated carbocycles. The van der Waals surface area contributed by atoms with E-state index in [9.17, 15) is 8.42 Å². The van der Waals surface area contributed by atoms with Crippen LogP contribution in [0.1, 0.15) is 5.56 Å². The lowest BCUT2D eigenvalue weighted by molar-refractivity contribution is 0.581. The second-order valence-corrected chi connectivity index (χ2v) is 7.34. The number of nitrogens with one attached hydrogen (secondary N) is 1. The summed E-state index contributed by atoms with van der Waals surface area (Å²) in [6.45, 7) is 0.141. The first-order valence-electron chi connectivity index (χ1n) is 5.43. The van der Waals surface area contributed by atoms with Gasteiger partial charge in [-0.1, -0.05) is 35.3 Å². The van der Waals surface area contributed by atoms with E-state index in [2.05, 4.69) is 25.6 Å². The summed E-state index contributed by atoms with van der Waals surface area (Å²) in [5.74, 6) is 0. The van der Waals surface area contributed by atoms with Gasteiger partial charge in [0.1, 0.15) is 10.0 Å². The van der Waals surface area contributed by atoms with Crippen LogP contribution in [0.5, 0.6) is 0 Å². The minimum Gasteiger partial charge on any atom is -0.242 e. The van der Waals surface area contributed by atoms with Gasteiger partial charge in [0.05, 0.1) is 0 Å². The van der Waals surface area contributed by atoms with E-state index in [1.165, 1.54) is 12.3 Å². The third-order valence-electron chi connectivity index (χ3n) is 2.44. The lowest BCUT2D eigenvalue weighted by Gasteiger charge is -2.08. The fourth-order valence-corrected chi connectivity index (χ4v) is 3.54. The number of halogens is 3. The maximum absolute atomic E-state index is 12.2. The molecule has 0 aliphatic carbocycles. The largest absolute Gasteiger partial charge is 0.243 e. The SMILES string of the molecule is O=S(=O)(NCc1ccc(Cl)cc1)c1cc(Br)cnc1Cl. The maximum Gasteiger partial charge on any atom is 0.243 e. The van der Waals surface area contributed by atoms with E-state index in [0.717, 1.165) is 5.56 Å². The second-order valence-electron chi connectivity index (χ2n) is 3.89. The summed E-state index contributed by atoms with van der Waals surface area (Å²) < 4.78 is 27.3. The average molecular weight is 396 g/mol. The number of hydrogen-bond acceptors (Lipinski definition) is 3. The molecular formula is C12H9BrCl2N2O2S. The Bertz CT molecular complexity index is 721. The highest BCUT2D eigenvalue weighted by molar-refractivity contribution is 9.10. The van der Waals surface area contributed by atoms with Gasteiger partial charge in [-0.25, -0.2) is 18.1 Å². The first kappa shape index (κ1) is 15.7. The highest BCUT2D eigenvalue weighted by atomic mass is 79.9. The van der Waals surface area contributed by atoms with E-state index in [0.29, 0.717) is 9.50 Å². The van der Waals surface area contributed by atoms with E-state index in [1.54, 1.807) is 24.3 Å². The van der Waals surface area contributed by atoms with Gasteiger partial charge in [0.15, 0.2) is 0 Å². The van der Waals surface area contributed by atoms with E-state index in [1.807, 2.05) is 0 Å². The Morgan fingerprint density at radius 1 is 1.20 bits per heavy atom. The van der Waals surface area contributed by atoms with Crippen LogP contribution in [0.4, 0.5) is 0 Å². The monoisotopic (exact) mass is 394 g/mol. The molecule has 0 saturated heterocycles. The highest BCUT2D eigenvalue weighted by Gasteiger charge is 2.19. The van der Waals surface area contributed by atoms with Crippen LogP contribution in [0.3, 0.4) is 0 Å². The molecule has 1 heterocycles. The van der Waals surface area contributed by atoms with Crippen molar-refractivity contribution in [3.63, 3.8) is 0 Å². The van der Waals surface area contributed by atoms with Crippen molar-refractivity contribution in [1.29, 1.82) is 0 Å². The van der Waals surface area contributed by atoms with Crippen molar-refractivity contribution in [3.8, 4) is 0 Å². The molecule has 0 amide bonds. The fourth-order valence-electron chi connectivity index (χ4n) is 1.45. The number of rotatable bonds is 4. The first-order chi connectivity index (χ1) is 9.38. The van der Waals surface area contributed by atoms with Crippen molar-refractivity contribution >= 4 is 49.2 Å². The Kier molecular flexibility index (Phi) is 5.04. The Morgan fingerprint density at radius 3 is 2.50 bits per heavy atom. The molecule has 2 aromatic rings. The summed E-state index contributed by atoms with van der Waals surface area (Å²) in [5.41, 5.74) is 0.789. The molecule has 1 aromatic heterocycles. The predicted octanol–water partition coefficient (Wildman–Crippen LogP) is 3.63. The Morgan fingerprint density at radius 2 is 1.85 bits per heavy atom. The van der Waals surface area contributed by atoms with Gasteiger partial charge in [-0.05, 0) is 39.7 Å². The zero-order valence-corrected chi connectivity index (χ0v) is 13.9. The lowest BCUT2D eigenvalue weighted by atomic mass is 10.2. The molecule has 106 valence electrons. The number of pyridine rings is 1. The quantitative estimate of drug-likeness (QED) is 0.804. The van der Waals surface area contributed by atoms with Gasteiger partial charge in [0, 0.05) is 22.2 Å². The van der Waals surface area contributed by atoms with Crippen LogP contribution in [0.2, 0.25) is 10.2 Å². The Labute approximate surface area is 135 Å². The lowest BCUT2D eigenvalue weighted by Crippen LogP contribution is -2.23.